The third-order valence-corrected chi connectivity index (χ3v) is 13.8. The number of furan rings is 1. The number of hydrogen-bond acceptors (Lipinski definition) is 3. The highest BCUT2D eigenvalue weighted by Crippen LogP contribution is 2.58. The monoisotopic (exact) mass is 866 g/mol. The lowest BCUT2D eigenvalue weighted by Crippen LogP contribution is -2.29. The summed E-state index contributed by atoms with van der Waals surface area (Å²) in [6.07, 6.45) is 0. The highest BCUT2D eigenvalue weighted by molar-refractivity contribution is 6.06. The second kappa shape index (κ2) is 16.2. The number of para-hydroxylation sites is 1. The summed E-state index contributed by atoms with van der Waals surface area (Å²) in [5, 5.41) is 2.19. The van der Waals surface area contributed by atoms with E-state index in [4.69, 9.17) is 14.4 Å². The minimum atomic E-state index is -0.511. The Balaban J connectivity index is 0.992. The van der Waals surface area contributed by atoms with Gasteiger partial charge in [-0.05, 0) is 109 Å². The molecule has 0 saturated carbocycles. The summed E-state index contributed by atoms with van der Waals surface area (Å²) < 4.78 is 6.28. The second-order valence-electron chi connectivity index (χ2n) is 17.6. The lowest BCUT2D eigenvalue weighted by atomic mass is 9.66. The van der Waals surface area contributed by atoms with Gasteiger partial charge in [-0.2, -0.15) is 0 Å². The second-order valence-corrected chi connectivity index (χ2v) is 17.6. The van der Waals surface area contributed by atoms with E-state index in [0.29, 0.717) is 5.82 Å². The van der Waals surface area contributed by atoms with E-state index in [9.17, 15) is 0 Å². The lowest BCUT2D eigenvalue weighted by molar-refractivity contribution is 0.669. The van der Waals surface area contributed by atoms with Crippen molar-refractivity contribution in [3.05, 3.63) is 277 Å². The molecule has 13 rings (SSSR count). The van der Waals surface area contributed by atoms with Gasteiger partial charge in [0.2, 0.25) is 0 Å². The SMILES string of the molecule is c1ccc(-c2cc(-c3cc(-c4ccc(-c5cccc6c5C(c5ccccc5)(c5ccccc5)c5ccccc5-6)cc4)cc(-c4ccc5oc6ccccc6c5c4)c3)nc(-c3ccccc3)n2)cc1. The van der Waals surface area contributed by atoms with Gasteiger partial charge in [-0.15, -0.1) is 0 Å². The summed E-state index contributed by atoms with van der Waals surface area (Å²) in [4.78, 5) is 10.4. The molecule has 68 heavy (non-hydrogen) atoms. The topological polar surface area (TPSA) is 38.9 Å². The van der Waals surface area contributed by atoms with Crippen molar-refractivity contribution in [2.45, 2.75) is 5.41 Å². The Bertz CT molecular complexity index is 3720. The van der Waals surface area contributed by atoms with Gasteiger partial charge in [0.15, 0.2) is 5.82 Å². The third kappa shape index (κ3) is 6.51. The normalized spacial score (nSPS) is 12.5. The first-order valence-electron chi connectivity index (χ1n) is 23.2. The van der Waals surface area contributed by atoms with Crippen molar-refractivity contribution in [1.82, 2.24) is 9.97 Å². The van der Waals surface area contributed by atoms with E-state index >= 15 is 0 Å². The first-order chi connectivity index (χ1) is 33.7. The molecule has 0 fully saturated rings. The number of aromatic nitrogens is 2. The van der Waals surface area contributed by atoms with E-state index in [1.165, 1.54) is 44.5 Å². The molecule has 0 aliphatic heterocycles. The van der Waals surface area contributed by atoms with Gasteiger partial charge in [0.25, 0.3) is 0 Å². The van der Waals surface area contributed by atoms with Crippen LogP contribution in [0.5, 0.6) is 0 Å². The fraction of sp³-hybridized carbons (Fsp3) is 0.0154. The van der Waals surface area contributed by atoms with Crippen LogP contribution in [0.25, 0.3) is 100 Å². The molecule has 0 unspecified atom stereocenters. The van der Waals surface area contributed by atoms with E-state index < -0.39 is 5.41 Å². The van der Waals surface area contributed by atoms with Crippen LogP contribution in [0.15, 0.2) is 259 Å². The Labute approximate surface area is 395 Å². The predicted octanol–water partition coefficient (Wildman–Crippen LogP) is 16.7. The third-order valence-electron chi connectivity index (χ3n) is 13.8. The molecule has 3 heteroatoms. The molecule has 0 saturated heterocycles. The summed E-state index contributed by atoms with van der Waals surface area (Å²) >= 11 is 0. The quantitative estimate of drug-likeness (QED) is 0.153. The van der Waals surface area contributed by atoms with E-state index in [0.717, 1.165) is 72.3 Å². The molecule has 1 aliphatic carbocycles. The average molecular weight is 867 g/mol. The van der Waals surface area contributed by atoms with Gasteiger partial charge in [-0.3, -0.25) is 0 Å². The zero-order valence-corrected chi connectivity index (χ0v) is 37.1. The molecule has 0 atom stereocenters. The smallest absolute Gasteiger partial charge is 0.160 e. The molecule has 0 N–H and O–H groups in total. The predicted molar refractivity (Wildman–Crippen MR) is 279 cm³/mol. The van der Waals surface area contributed by atoms with Gasteiger partial charge in [-0.25, -0.2) is 9.97 Å². The van der Waals surface area contributed by atoms with Crippen LogP contribution in [0.4, 0.5) is 0 Å². The molecular formula is C65H42N2O. The van der Waals surface area contributed by atoms with Crippen LogP contribution in [0.2, 0.25) is 0 Å². The minimum Gasteiger partial charge on any atom is -0.456 e. The molecule has 3 nitrogen and oxygen atoms in total. The summed E-state index contributed by atoms with van der Waals surface area (Å²) in [5.74, 6) is 0.684. The maximum absolute atomic E-state index is 6.28. The molecule has 318 valence electrons. The van der Waals surface area contributed by atoms with E-state index in [2.05, 4.69) is 218 Å². The fourth-order valence-corrected chi connectivity index (χ4v) is 10.7. The average Bonchev–Trinajstić information content (AvgIpc) is 3.95. The maximum Gasteiger partial charge on any atom is 0.160 e. The lowest BCUT2D eigenvalue weighted by Gasteiger charge is -2.35. The van der Waals surface area contributed by atoms with Gasteiger partial charge in [0.05, 0.1) is 16.8 Å². The van der Waals surface area contributed by atoms with Crippen molar-refractivity contribution >= 4 is 21.9 Å². The summed E-state index contributed by atoms with van der Waals surface area (Å²) in [6.45, 7) is 0. The van der Waals surface area contributed by atoms with Crippen LogP contribution in [0.3, 0.4) is 0 Å². The molecule has 0 spiro atoms. The van der Waals surface area contributed by atoms with Gasteiger partial charge in [0, 0.05) is 27.5 Å². The Morgan fingerprint density at radius 3 is 1.53 bits per heavy atom. The van der Waals surface area contributed by atoms with Crippen molar-refractivity contribution in [2.75, 3.05) is 0 Å². The van der Waals surface area contributed by atoms with Crippen molar-refractivity contribution < 1.29 is 4.42 Å². The minimum absolute atomic E-state index is 0.511. The Hall–Kier alpha value is -8.92. The molecule has 2 aromatic heterocycles. The van der Waals surface area contributed by atoms with Gasteiger partial charge < -0.3 is 4.42 Å². The number of hydrogen-bond donors (Lipinski definition) is 0. The van der Waals surface area contributed by atoms with E-state index in [1.807, 2.05) is 36.4 Å². The summed E-state index contributed by atoms with van der Waals surface area (Å²) in [7, 11) is 0. The van der Waals surface area contributed by atoms with Gasteiger partial charge in [-0.1, -0.05) is 212 Å². The van der Waals surface area contributed by atoms with Gasteiger partial charge >= 0.3 is 0 Å². The standard InChI is InChI=1S/C65H42N2O/c1-5-18-45(19-6-1)59-42-60(67-64(66-59)46-20-7-2-8-21-46)50-39-48(38-49(40-50)47-36-37-62-57(41-47)55-27-14-16-31-61(55)68-62)43-32-34-44(35-33-43)53-28-17-29-56-54-26-13-15-30-58(54)65(63(53)56,51-22-9-3-10-23-51)52-24-11-4-12-25-52/h1-42H. The van der Waals surface area contributed by atoms with Crippen LogP contribution in [-0.4, -0.2) is 9.97 Å². The molecular weight excluding hydrogens is 825 g/mol. The molecule has 0 bridgehead atoms. The van der Waals surface area contributed by atoms with Crippen LogP contribution in [-0.2, 0) is 5.41 Å². The van der Waals surface area contributed by atoms with E-state index in [1.54, 1.807) is 0 Å². The first kappa shape index (κ1) is 39.4. The Morgan fingerprint density at radius 1 is 0.294 bits per heavy atom. The van der Waals surface area contributed by atoms with Crippen LogP contribution in [0, 0.1) is 0 Å². The molecule has 2 heterocycles. The van der Waals surface area contributed by atoms with Crippen molar-refractivity contribution in [3.63, 3.8) is 0 Å². The maximum atomic E-state index is 6.28. The van der Waals surface area contributed by atoms with Crippen molar-refractivity contribution in [1.29, 1.82) is 0 Å². The molecule has 0 radical (unpaired) electrons. The van der Waals surface area contributed by atoms with Crippen molar-refractivity contribution in [2.24, 2.45) is 0 Å². The van der Waals surface area contributed by atoms with E-state index in [-0.39, 0.29) is 0 Å². The summed E-state index contributed by atoms with van der Waals surface area (Å²) in [6, 6.07) is 91.4. The zero-order chi connectivity index (χ0) is 45.0. The molecule has 1 aliphatic rings. The fourth-order valence-electron chi connectivity index (χ4n) is 10.7. The highest BCUT2D eigenvalue weighted by Gasteiger charge is 2.47. The number of fused-ring (bicyclic) bond motifs is 6. The number of rotatable bonds is 8. The van der Waals surface area contributed by atoms with Crippen LogP contribution < -0.4 is 0 Å². The number of nitrogens with zero attached hydrogens (tertiary/aromatic N) is 2. The first-order valence-corrected chi connectivity index (χ1v) is 23.2. The highest BCUT2D eigenvalue weighted by atomic mass is 16.3. The Kier molecular flexibility index (Phi) is 9.40. The summed E-state index contributed by atoms with van der Waals surface area (Å²) in [5.41, 5.74) is 20.4. The number of benzene rings is 10. The Morgan fingerprint density at radius 2 is 0.809 bits per heavy atom. The zero-order valence-electron chi connectivity index (χ0n) is 37.1. The van der Waals surface area contributed by atoms with Crippen LogP contribution >= 0.6 is 0 Å². The van der Waals surface area contributed by atoms with Gasteiger partial charge in [0.1, 0.15) is 11.2 Å². The van der Waals surface area contributed by atoms with Crippen molar-refractivity contribution in [3.8, 4) is 78.4 Å². The molecule has 10 aromatic carbocycles. The largest absolute Gasteiger partial charge is 0.456 e. The van der Waals surface area contributed by atoms with Crippen LogP contribution in [0.1, 0.15) is 22.3 Å². The molecule has 12 aromatic rings. The molecule has 0 amide bonds.